The number of benzene rings is 4. The van der Waals surface area contributed by atoms with Gasteiger partial charge in [-0.1, -0.05) is 105 Å². The van der Waals surface area contributed by atoms with Gasteiger partial charge >= 0.3 is 0 Å². The van der Waals surface area contributed by atoms with Crippen LogP contribution in [0.2, 0.25) is 0 Å². The van der Waals surface area contributed by atoms with E-state index in [0.717, 1.165) is 14.7 Å². The van der Waals surface area contributed by atoms with E-state index in [1.807, 2.05) is 0 Å². The highest BCUT2D eigenvalue weighted by Gasteiger charge is 2.08. The van der Waals surface area contributed by atoms with Gasteiger partial charge < -0.3 is 0 Å². The van der Waals surface area contributed by atoms with Crippen molar-refractivity contribution in [2.24, 2.45) is 0 Å². The zero-order valence-corrected chi connectivity index (χ0v) is 15.4. The Hall–Kier alpha value is -2.43. The first-order chi connectivity index (χ1) is 12.3. The molecule has 0 radical (unpaired) electrons. The molecule has 1 unspecified atom stereocenters. The van der Waals surface area contributed by atoms with Crippen molar-refractivity contribution >= 4 is 24.7 Å². The summed E-state index contributed by atoms with van der Waals surface area (Å²) in [5.74, 6) is 0. The number of aryl methyl sites for hydroxylation is 1. The first-order valence-corrected chi connectivity index (χ1v) is 9.88. The highest BCUT2D eigenvalue weighted by molar-refractivity contribution is 7.46. The second kappa shape index (κ2) is 7.21. The van der Waals surface area contributed by atoms with Gasteiger partial charge in [0.15, 0.2) is 0 Å². The summed E-state index contributed by atoms with van der Waals surface area (Å²) in [6.45, 7) is 2.16. The van der Waals surface area contributed by atoms with Gasteiger partial charge in [-0.2, -0.15) is 0 Å². The van der Waals surface area contributed by atoms with Gasteiger partial charge in [0.25, 0.3) is 0 Å². The van der Waals surface area contributed by atoms with Crippen molar-refractivity contribution in [2.45, 2.75) is 13.1 Å². The SMILES string of the molecule is Cc1cccc(CPc2ccccc2-c2cccc3ccccc23)c1. The van der Waals surface area contributed by atoms with Crippen LogP contribution in [0.1, 0.15) is 11.1 Å². The number of hydrogen-bond acceptors (Lipinski definition) is 0. The molecule has 0 N–H and O–H groups in total. The maximum absolute atomic E-state index is 2.30. The number of fused-ring (bicyclic) bond motifs is 1. The molecule has 25 heavy (non-hydrogen) atoms. The van der Waals surface area contributed by atoms with Gasteiger partial charge in [-0.05, 0) is 45.9 Å². The summed E-state index contributed by atoms with van der Waals surface area (Å²) in [6, 6.07) is 33.0. The van der Waals surface area contributed by atoms with Crippen molar-refractivity contribution < 1.29 is 0 Å². The van der Waals surface area contributed by atoms with Gasteiger partial charge in [0.05, 0.1) is 0 Å². The summed E-state index contributed by atoms with van der Waals surface area (Å²) in [4.78, 5) is 0. The topological polar surface area (TPSA) is 0 Å². The Morgan fingerprint density at radius 3 is 2.32 bits per heavy atom. The van der Waals surface area contributed by atoms with Gasteiger partial charge in [-0.25, -0.2) is 0 Å². The number of rotatable bonds is 4. The molecule has 0 bridgehead atoms. The minimum Gasteiger partial charge on any atom is -0.0852 e. The standard InChI is InChI=1S/C24H21P/c1-18-8-6-9-19(16-18)17-25-24-15-5-4-13-23(24)22-14-7-11-20-10-2-3-12-21(20)22/h2-16,25H,17H2,1H3. The minimum atomic E-state index is 0.774. The van der Waals surface area contributed by atoms with Crippen molar-refractivity contribution in [1.82, 2.24) is 0 Å². The molecule has 0 heterocycles. The van der Waals surface area contributed by atoms with Gasteiger partial charge in [0, 0.05) is 0 Å². The summed E-state index contributed by atoms with van der Waals surface area (Å²) in [6.07, 6.45) is 1.10. The third-order valence-corrected chi connectivity index (χ3v) is 5.97. The Labute approximate surface area is 151 Å². The molecule has 0 aliphatic carbocycles. The third kappa shape index (κ3) is 3.50. The van der Waals surface area contributed by atoms with Crippen LogP contribution in [-0.2, 0) is 6.16 Å². The molecule has 4 rings (SSSR count). The third-order valence-electron chi connectivity index (χ3n) is 4.57. The van der Waals surface area contributed by atoms with E-state index in [0.29, 0.717) is 0 Å². The first kappa shape index (κ1) is 16.1. The Bertz CT molecular complexity index is 1010. The fraction of sp³-hybridized carbons (Fsp3) is 0.0833. The van der Waals surface area contributed by atoms with E-state index in [2.05, 4.69) is 97.9 Å². The lowest BCUT2D eigenvalue weighted by Gasteiger charge is -2.13. The van der Waals surface area contributed by atoms with Crippen molar-refractivity contribution in [1.29, 1.82) is 0 Å². The Morgan fingerprint density at radius 1 is 0.680 bits per heavy atom. The average molecular weight is 340 g/mol. The predicted molar refractivity (Wildman–Crippen MR) is 112 cm³/mol. The maximum Gasteiger partial charge on any atom is -0.00599 e. The normalized spacial score (nSPS) is 11.4. The van der Waals surface area contributed by atoms with E-state index in [1.165, 1.54) is 38.3 Å². The molecular formula is C24H21P. The molecule has 0 amide bonds. The molecule has 1 heteroatoms. The predicted octanol–water partition coefficient (Wildman–Crippen LogP) is 6.32. The Balaban J connectivity index is 1.71. The molecule has 1 atom stereocenters. The minimum absolute atomic E-state index is 0.774. The highest BCUT2D eigenvalue weighted by atomic mass is 31.1. The zero-order chi connectivity index (χ0) is 17.1. The van der Waals surface area contributed by atoms with E-state index in [1.54, 1.807) is 0 Å². The van der Waals surface area contributed by atoms with Crippen LogP contribution in [0.3, 0.4) is 0 Å². The quantitative estimate of drug-likeness (QED) is 0.381. The lowest BCUT2D eigenvalue weighted by atomic mass is 9.98. The van der Waals surface area contributed by atoms with Crippen LogP contribution >= 0.6 is 8.58 Å². The molecule has 0 aliphatic heterocycles. The van der Waals surface area contributed by atoms with Crippen LogP contribution in [-0.4, -0.2) is 0 Å². The second-order valence-corrected chi connectivity index (χ2v) is 7.66. The molecule has 0 saturated carbocycles. The van der Waals surface area contributed by atoms with E-state index >= 15 is 0 Å². The summed E-state index contributed by atoms with van der Waals surface area (Å²) in [5.41, 5.74) is 5.46. The van der Waals surface area contributed by atoms with Crippen molar-refractivity contribution in [3.63, 3.8) is 0 Å². The molecule has 122 valence electrons. The van der Waals surface area contributed by atoms with Gasteiger partial charge in [0.1, 0.15) is 0 Å². The molecule has 0 saturated heterocycles. The van der Waals surface area contributed by atoms with Gasteiger partial charge in [0.2, 0.25) is 0 Å². The molecule has 0 aliphatic rings. The average Bonchev–Trinajstić information content (AvgIpc) is 2.66. The Kier molecular flexibility index (Phi) is 4.63. The van der Waals surface area contributed by atoms with E-state index < -0.39 is 0 Å². The van der Waals surface area contributed by atoms with E-state index in [9.17, 15) is 0 Å². The number of hydrogen-bond donors (Lipinski definition) is 0. The summed E-state index contributed by atoms with van der Waals surface area (Å²) >= 11 is 0. The molecule has 4 aromatic carbocycles. The van der Waals surface area contributed by atoms with Crippen molar-refractivity contribution in [3.05, 3.63) is 102 Å². The van der Waals surface area contributed by atoms with Crippen LogP contribution in [0.4, 0.5) is 0 Å². The fourth-order valence-electron chi connectivity index (χ4n) is 3.35. The highest BCUT2D eigenvalue weighted by Crippen LogP contribution is 2.31. The maximum atomic E-state index is 2.30. The lowest BCUT2D eigenvalue weighted by molar-refractivity contribution is 1.35. The van der Waals surface area contributed by atoms with Crippen LogP contribution in [0, 0.1) is 6.92 Å². The second-order valence-electron chi connectivity index (χ2n) is 6.41. The molecule has 0 nitrogen and oxygen atoms in total. The monoisotopic (exact) mass is 340 g/mol. The molecule has 0 aromatic heterocycles. The van der Waals surface area contributed by atoms with Crippen molar-refractivity contribution in [2.75, 3.05) is 0 Å². The zero-order valence-electron chi connectivity index (χ0n) is 14.4. The van der Waals surface area contributed by atoms with E-state index in [-0.39, 0.29) is 0 Å². The molecular weight excluding hydrogens is 319 g/mol. The largest absolute Gasteiger partial charge is 0.0852 e. The van der Waals surface area contributed by atoms with Crippen LogP contribution in [0.15, 0.2) is 91.0 Å². The van der Waals surface area contributed by atoms with Gasteiger partial charge in [-0.15, -0.1) is 0 Å². The Morgan fingerprint density at radius 2 is 1.40 bits per heavy atom. The lowest BCUT2D eigenvalue weighted by Crippen LogP contribution is -2.00. The van der Waals surface area contributed by atoms with Gasteiger partial charge in [-0.3, -0.25) is 0 Å². The molecule has 4 aromatic rings. The fourth-order valence-corrected chi connectivity index (χ4v) is 4.59. The molecule has 0 fully saturated rings. The summed E-state index contributed by atoms with van der Waals surface area (Å²) < 4.78 is 0. The van der Waals surface area contributed by atoms with Crippen LogP contribution < -0.4 is 5.30 Å². The van der Waals surface area contributed by atoms with Crippen LogP contribution in [0.25, 0.3) is 21.9 Å². The van der Waals surface area contributed by atoms with Crippen molar-refractivity contribution in [3.8, 4) is 11.1 Å². The summed E-state index contributed by atoms with van der Waals surface area (Å²) in [7, 11) is 0.774. The van der Waals surface area contributed by atoms with E-state index in [4.69, 9.17) is 0 Å². The smallest absolute Gasteiger partial charge is 0.00599 e. The summed E-state index contributed by atoms with van der Waals surface area (Å²) in [5, 5.41) is 4.08. The first-order valence-electron chi connectivity index (χ1n) is 8.68. The van der Waals surface area contributed by atoms with Crippen LogP contribution in [0.5, 0.6) is 0 Å². The molecule has 0 spiro atoms.